The number of ether oxygens (including phenoxy) is 1. The van der Waals surface area contributed by atoms with Crippen LogP contribution in [0.3, 0.4) is 0 Å². The van der Waals surface area contributed by atoms with Crippen molar-refractivity contribution in [3.63, 3.8) is 0 Å². The summed E-state index contributed by atoms with van der Waals surface area (Å²) in [6.07, 6.45) is 1.91. The Labute approximate surface area is 195 Å². The SMILES string of the molecule is COc1ccc(CCC(=O)N2CCCN(C(=O)c3oc4c(C)ccc(C)c4c3C)CC2)cc1. The molecule has 2 aromatic carbocycles. The predicted molar refractivity (Wildman–Crippen MR) is 129 cm³/mol. The van der Waals surface area contributed by atoms with Crippen molar-refractivity contribution in [2.75, 3.05) is 33.3 Å². The number of hydrogen-bond donors (Lipinski definition) is 0. The van der Waals surface area contributed by atoms with E-state index in [0.29, 0.717) is 44.8 Å². The van der Waals surface area contributed by atoms with Gasteiger partial charge in [0.1, 0.15) is 11.3 Å². The number of hydrogen-bond acceptors (Lipinski definition) is 4. The Morgan fingerprint density at radius 2 is 1.58 bits per heavy atom. The van der Waals surface area contributed by atoms with Gasteiger partial charge in [0, 0.05) is 43.5 Å². The third-order valence-electron chi connectivity index (χ3n) is 6.60. The zero-order valence-corrected chi connectivity index (χ0v) is 19.9. The van der Waals surface area contributed by atoms with E-state index in [0.717, 1.165) is 45.4 Å². The van der Waals surface area contributed by atoms with Gasteiger partial charge in [0.2, 0.25) is 5.91 Å². The second kappa shape index (κ2) is 9.69. The van der Waals surface area contributed by atoms with Crippen LogP contribution in [0.2, 0.25) is 0 Å². The molecule has 174 valence electrons. The molecule has 1 aliphatic rings. The molecule has 3 aromatic rings. The number of rotatable bonds is 5. The number of fused-ring (bicyclic) bond motifs is 1. The molecule has 0 radical (unpaired) electrons. The molecule has 1 aromatic heterocycles. The maximum absolute atomic E-state index is 13.3. The molecule has 0 aliphatic carbocycles. The van der Waals surface area contributed by atoms with Crippen LogP contribution in [0.4, 0.5) is 0 Å². The Kier molecular flexibility index (Phi) is 6.72. The molecule has 2 heterocycles. The van der Waals surface area contributed by atoms with Crippen LogP contribution in [0.15, 0.2) is 40.8 Å². The standard InChI is InChI=1S/C27H32N2O4/c1-18-6-7-19(2)25-24(18)20(3)26(33-25)27(31)29-15-5-14-28(16-17-29)23(30)13-10-21-8-11-22(32-4)12-9-21/h6-9,11-12H,5,10,13-17H2,1-4H3. The summed E-state index contributed by atoms with van der Waals surface area (Å²) in [5, 5.41) is 1.03. The molecule has 33 heavy (non-hydrogen) atoms. The fraction of sp³-hybridized carbons (Fsp3) is 0.407. The third kappa shape index (κ3) is 4.75. The van der Waals surface area contributed by atoms with Crippen LogP contribution in [0.25, 0.3) is 11.0 Å². The van der Waals surface area contributed by atoms with Crippen molar-refractivity contribution in [2.45, 2.75) is 40.0 Å². The van der Waals surface area contributed by atoms with Gasteiger partial charge in [-0.05, 0) is 62.4 Å². The van der Waals surface area contributed by atoms with E-state index in [9.17, 15) is 9.59 Å². The van der Waals surface area contributed by atoms with Crippen molar-refractivity contribution in [1.82, 2.24) is 9.80 Å². The number of carbonyl (C=O) groups is 2. The van der Waals surface area contributed by atoms with Crippen LogP contribution in [-0.4, -0.2) is 54.9 Å². The zero-order chi connectivity index (χ0) is 23.5. The Morgan fingerprint density at radius 3 is 2.27 bits per heavy atom. The van der Waals surface area contributed by atoms with Crippen molar-refractivity contribution in [3.8, 4) is 5.75 Å². The molecule has 6 heteroatoms. The fourth-order valence-electron chi connectivity index (χ4n) is 4.59. The minimum atomic E-state index is -0.0879. The van der Waals surface area contributed by atoms with Gasteiger partial charge in [0.15, 0.2) is 5.76 Å². The van der Waals surface area contributed by atoms with Crippen molar-refractivity contribution in [1.29, 1.82) is 0 Å². The fourth-order valence-corrected chi connectivity index (χ4v) is 4.59. The summed E-state index contributed by atoms with van der Waals surface area (Å²) in [5.41, 5.74) is 4.94. The van der Waals surface area contributed by atoms with E-state index in [1.54, 1.807) is 7.11 Å². The van der Waals surface area contributed by atoms with Crippen molar-refractivity contribution in [3.05, 3.63) is 64.4 Å². The lowest BCUT2D eigenvalue weighted by Gasteiger charge is -2.22. The first kappa shape index (κ1) is 22.9. The minimum absolute atomic E-state index is 0.0879. The topological polar surface area (TPSA) is 63.0 Å². The quantitative estimate of drug-likeness (QED) is 0.569. The second-order valence-corrected chi connectivity index (χ2v) is 8.83. The summed E-state index contributed by atoms with van der Waals surface area (Å²) in [6.45, 7) is 8.35. The van der Waals surface area contributed by atoms with E-state index in [1.165, 1.54) is 0 Å². The van der Waals surface area contributed by atoms with E-state index in [2.05, 4.69) is 6.07 Å². The van der Waals surface area contributed by atoms with Gasteiger partial charge < -0.3 is 19.0 Å². The third-order valence-corrected chi connectivity index (χ3v) is 6.60. The molecule has 4 rings (SSSR count). The van der Waals surface area contributed by atoms with Gasteiger partial charge in [-0.15, -0.1) is 0 Å². The summed E-state index contributed by atoms with van der Waals surface area (Å²) >= 11 is 0. The van der Waals surface area contributed by atoms with Gasteiger partial charge in [-0.1, -0.05) is 24.3 Å². The Bertz CT molecular complexity index is 1160. The van der Waals surface area contributed by atoms with Crippen molar-refractivity contribution < 1.29 is 18.7 Å². The Morgan fingerprint density at radius 1 is 0.909 bits per heavy atom. The molecule has 0 spiro atoms. The highest BCUT2D eigenvalue weighted by molar-refractivity contribution is 6.00. The highest BCUT2D eigenvalue weighted by atomic mass is 16.5. The lowest BCUT2D eigenvalue weighted by atomic mass is 10.0. The number of aryl methyl sites for hydroxylation is 4. The summed E-state index contributed by atoms with van der Waals surface area (Å²) in [7, 11) is 1.64. The number of amides is 2. The lowest BCUT2D eigenvalue weighted by Crippen LogP contribution is -2.37. The normalized spacial score (nSPS) is 14.4. The van der Waals surface area contributed by atoms with Crippen LogP contribution in [0.1, 0.15) is 45.7 Å². The molecule has 6 nitrogen and oxygen atoms in total. The van der Waals surface area contributed by atoms with Crippen LogP contribution >= 0.6 is 0 Å². The molecule has 1 aliphatic heterocycles. The first-order valence-electron chi connectivity index (χ1n) is 11.6. The summed E-state index contributed by atoms with van der Waals surface area (Å²) in [4.78, 5) is 29.9. The maximum atomic E-state index is 13.3. The van der Waals surface area contributed by atoms with E-state index in [1.807, 2.05) is 60.9 Å². The van der Waals surface area contributed by atoms with E-state index >= 15 is 0 Å². The second-order valence-electron chi connectivity index (χ2n) is 8.83. The van der Waals surface area contributed by atoms with Crippen molar-refractivity contribution >= 4 is 22.8 Å². The van der Waals surface area contributed by atoms with Crippen LogP contribution in [-0.2, 0) is 11.2 Å². The van der Waals surface area contributed by atoms with E-state index < -0.39 is 0 Å². The molecule has 1 saturated heterocycles. The molecular weight excluding hydrogens is 416 g/mol. The predicted octanol–water partition coefficient (Wildman–Crippen LogP) is 4.67. The lowest BCUT2D eigenvalue weighted by molar-refractivity contribution is -0.131. The number of carbonyl (C=O) groups excluding carboxylic acids is 2. The monoisotopic (exact) mass is 448 g/mol. The van der Waals surface area contributed by atoms with Gasteiger partial charge in [0.05, 0.1) is 7.11 Å². The molecule has 0 unspecified atom stereocenters. The van der Waals surface area contributed by atoms with Crippen LogP contribution < -0.4 is 4.74 Å². The summed E-state index contributed by atoms with van der Waals surface area (Å²) < 4.78 is 11.3. The number of methoxy groups -OCH3 is 1. The highest BCUT2D eigenvalue weighted by Crippen LogP contribution is 2.31. The van der Waals surface area contributed by atoms with Crippen LogP contribution in [0, 0.1) is 20.8 Å². The Hall–Kier alpha value is -3.28. The van der Waals surface area contributed by atoms with Gasteiger partial charge in [-0.3, -0.25) is 9.59 Å². The first-order chi connectivity index (χ1) is 15.9. The smallest absolute Gasteiger partial charge is 0.289 e. The van der Waals surface area contributed by atoms with Crippen molar-refractivity contribution in [2.24, 2.45) is 0 Å². The average Bonchev–Trinajstić information content (AvgIpc) is 3.01. The number of benzene rings is 2. The van der Waals surface area contributed by atoms with Gasteiger partial charge in [-0.2, -0.15) is 0 Å². The Balaban J connectivity index is 1.39. The summed E-state index contributed by atoms with van der Waals surface area (Å²) in [6, 6.07) is 11.9. The average molecular weight is 449 g/mol. The highest BCUT2D eigenvalue weighted by Gasteiger charge is 2.27. The molecule has 0 N–H and O–H groups in total. The van der Waals surface area contributed by atoms with E-state index in [4.69, 9.17) is 9.15 Å². The van der Waals surface area contributed by atoms with Crippen LogP contribution in [0.5, 0.6) is 5.75 Å². The van der Waals surface area contributed by atoms with Gasteiger partial charge in [-0.25, -0.2) is 0 Å². The molecule has 2 amide bonds. The largest absolute Gasteiger partial charge is 0.497 e. The zero-order valence-electron chi connectivity index (χ0n) is 19.9. The number of furan rings is 1. The number of nitrogens with zero attached hydrogens (tertiary/aromatic N) is 2. The summed E-state index contributed by atoms with van der Waals surface area (Å²) in [5.74, 6) is 1.27. The molecule has 0 saturated carbocycles. The minimum Gasteiger partial charge on any atom is -0.497 e. The molecular formula is C27H32N2O4. The molecule has 0 atom stereocenters. The molecule has 0 bridgehead atoms. The molecule has 1 fully saturated rings. The maximum Gasteiger partial charge on any atom is 0.289 e. The van der Waals surface area contributed by atoms with Gasteiger partial charge in [0.25, 0.3) is 5.91 Å². The van der Waals surface area contributed by atoms with Gasteiger partial charge >= 0.3 is 0 Å². The first-order valence-corrected chi connectivity index (χ1v) is 11.6. The van der Waals surface area contributed by atoms with E-state index in [-0.39, 0.29) is 11.8 Å².